The summed E-state index contributed by atoms with van der Waals surface area (Å²) in [5.41, 5.74) is 8.23. The molecule has 1 heterocycles. The van der Waals surface area contributed by atoms with Crippen molar-refractivity contribution < 1.29 is 9.47 Å². The number of hydrogen-bond donors (Lipinski definition) is 3. The largest absolute Gasteiger partial charge is 0.497 e. The Morgan fingerprint density at radius 3 is 2.28 bits per heavy atom. The monoisotopic (exact) mass is 337 g/mol. The van der Waals surface area contributed by atoms with E-state index in [9.17, 15) is 0 Å². The summed E-state index contributed by atoms with van der Waals surface area (Å²) in [4.78, 5) is 8.43. The number of benzene rings is 2. The predicted octanol–water partition coefficient (Wildman–Crippen LogP) is 3.56. The lowest BCUT2D eigenvalue weighted by molar-refractivity contribution is 0.395. The molecule has 7 nitrogen and oxygen atoms in total. The zero-order valence-electron chi connectivity index (χ0n) is 14.0. The van der Waals surface area contributed by atoms with Gasteiger partial charge in [-0.2, -0.15) is 0 Å². The molecule has 0 spiro atoms. The van der Waals surface area contributed by atoms with E-state index in [2.05, 4.69) is 20.6 Å². The van der Waals surface area contributed by atoms with Gasteiger partial charge in [-0.1, -0.05) is 18.2 Å². The predicted molar refractivity (Wildman–Crippen MR) is 99.0 cm³/mol. The van der Waals surface area contributed by atoms with E-state index in [0.717, 1.165) is 11.4 Å². The molecule has 2 aromatic carbocycles. The van der Waals surface area contributed by atoms with E-state index < -0.39 is 0 Å². The van der Waals surface area contributed by atoms with Crippen molar-refractivity contribution in [2.75, 3.05) is 30.6 Å². The Hall–Kier alpha value is -3.48. The number of rotatable bonds is 6. The van der Waals surface area contributed by atoms with Crippen LogP contribution in [0.4, 0.5) is 28.7 Å². The first-order chi connectivity index (χ1) is 12.2. The molecule has 0 radical (unpaired) electrons. The number of methoxy groups -OCH3 is 2. The third-order valence-electron chi connectivity index (χ3n) is 3.58. The topological polar surface area (TPSA) is 94.3 Å². The van der Waals surface area contributed by atoms with Crippen LogP contribution in [-0.4, -0.2) is 24.2 Å². The molecule has 25 heavy (non-hydrogen) atoms. The van der Waals surface area contributed by atoms with Crippen LogP contribution in [0.5, 0.6) is 11.5 Å². The molecule has 0 amide bonds. The SMILES string of the molecule is COc1ccc(Nc2ncnc(Nc3ccccc3)c2N)c(OC)c1. The van der Waals surface area contributed by atoms with Gasteiger partial charge in [-0.15, -0.1) is 0 Å². The number of nitrogens with one attached hydrogen (secondary N) is 2. The molecular weight excluding hydrogens is 318 g/mol. The Morgan fingerprint density at radius 1 is 0.880 bits per heavy atom. The minimum atomic E-state index is 0.407. The summed E-state index contributed by atoms with van der Waals surface area (Å²) < 4.78 is 10.6. The first-order valence-corrected chi connectivity index (χ1v) is 7.63. The fraction of sp³-hybridized carbons (Fsp3) is 0.111. The molecule has 0 bridgehead atoms. The second-order valence-corrected chi connectivity index (χ2v) is 5.17. The summed E-state index contributed by atoms with van der Waals surface area (Å²) in [5, 5.41) is 6.35. The van der Waals surface area contributed by atoms with Crippen molar-refractivity contribution in [2.45, 2.75) is 0 Å². The minimum Gasteiger partial charge on any atom is -0.497 e. The van der Waals surface area contributed by atoms with E-state index >= 15 is 0 Å². The van der Waals surface area contributed by atoms with E-state index in [1.54, 1.807) is 20.3 Å². The van der Waals surface area contributed by atoms with Crippen molar-refractivity contribution in [3.05, 3.63) is 54.9 Å². The molecule has 0 atom stereocenters. The van der Waals surface area contributed by atoms with E-state index in [4.69, 9.17) is 15.2 Å². The normalized spacial score (nSPS) is 10.2. The fourth-order valence-corrected chi connectivity index (χ4v) is 2.28. The maximum absolute atomic E-state index is 6.21. The standard InChI is InChI=1S/C18H19N5O2/c1-24-13-8-9-14(15(10-13)25-2)23-18-16(19)17(20-11-21-18)22-12-6-4-3-5-7-12/h3-11H,19H2,1-2H3,(H2,20,21,22,23). The highest BCUT2D eigenvalue weighted by molar-refractivity contribution is 5.81. The maximum atomic E-state index is 6.21. The summed E-state index contributed by atoms with van der Waals surface area (Å²) in [6.07, 6.45) is 1.44. The molecule has 128 valence electrons. The minimum absolute atomic E-state index is 0.407. The van der Waals surface area contributed by atoms with Gasteiger partial charge in [0.05, 0.1) is 19.9 Å². The number of aromatic nitrogens is 2. The van der Waals surface area contributed by atoms with Crippen LogP contribution in [0.3, 0.4) is 0 Å². The maximum Gasteiger partial charge on any atom is 0.159 e. The molecule has 0 aliphatic carbocycles. The van der Waals surface area contributed by atoms with Gasteiger partial charge in [0.1, 0.15) is 23.5 Å². The number of nitrogen functional groups attached to an aromatic ring is 1. The zero-order chi connectivity index (χ0) is 17.6. The van der Waals surface area contributed by atoms with Crippen LogP contribution < -0.4 is 25.8 Å². The second kappa shape index (κ2) is 7.39. The van der Waals surface area contributed by atoms with Crippen LogP contribution >= 0.6 is 0 Å². The Labute approximate surface area is 145 Å². The van der Waals surface area contributed by atoms with Gasteiger partial charge in [0.15, 0.2) is 11.6 Å². The van der Waals surface area contributed by atoms with Gasteiger partial charge in [0.2, 0.25) is 0 Å². The summed E-state index contributed by atoms with van der Waals surface area (Å²) in [6.45, 7) is 0. The van der Waals surface area contributed by atoms with Crippen molar-refractivity contribution >= 4 is 28.7 Å². The highest BCUT2D eigenvalue weighted by Crippen LogP contribution is 2.34. The van der Waals surface area contributed by atoms with Crippen LogP contribution in [-0.2, 0) is 0 Å². The summed E-state index contributed by atoms with van der Waals surface area (Å²) in [5.74, 6) is 2.33. The Bertz CT molecular complexity index is 855. The highest BCUT2D eigenvalue weighted by atomic mass is 16.5. The van der Waals surface area contributed by atoms with Crippen LogP contribution in [0.25, 0.3) is 0 Å². The van der Waals surface area contributed by atoms with E-state index in [1.165, 1.54) is 6.33 Å². The van der Waals surface area contributed by atoms with E-state index in [1.807, 2.05) is 42.5 Å². The number of para-hydroxylation sites is 1. The third-order valence-corrected chi connectivity index (χ3v) is 3.58. The summed E-state index contributed by atoms with van der Waals surface area (Å²) in [7, 11) is 3.19. The lowest BCUT2D eigenvalue weighted by atomic mass is 10.2. The number of hydrogen-bond acceptors (Lipinski definition) is 7. The lowest BCUT2D eigenvalue weighted by Gasteiger charge is -2.15. The highest BCUT2D eigenvalue weighted by Gasteiger charge is 2.11. The van der Waals surface area contributed by atoms with Gasteiger partial charge in [0.25, 0.3) is 0 Å². The Kier molecular flexibility index (Phi) is 4.84. The van der Waals surface area contributed by atoms with Crippen molar-refractivity contribution in [1.29, 1.82) is 0 Å². The first kappa shape index (κ1) is 16.4. The first-order valence-electron chi connectivity index (χ1n) is 7.63. The molecule has 0 saturated heterocycles. The van der Waals surface area contributed by atoms with Crippen molar-refractivity contribution in [3.63, 3.8) is 0 Å². The van der Waals surface area contributed by atoms with Crippen molar-refractivity contribution in [2.24, 2.45) is 0 Å². The van der Waals surface area contributed by atoms with Gasteiger partial charge in [-0.05, 0) is 24.3 Å². The van der Waals surface area contributed by atoms with Crippen LogP contribution in [0.2, 0.25) is 0 Å². The zero-order valence-corrected chi connectivity index (χ0v) is 14.0. The molecular formula is C18H19N5O2. The molecule has 4 N–H and O–H groups in total. The number of nitrogens with zero attached hydrogens (tertiary/aromatic N) is 2. The third kappa shape index (κ3) is 3.72. The van der Waals surface area contributed by atoms with Crippen molar-refractivity contribution in [1.82, 2.24) is 9.97 Å². The summed E-state index contributed by atoms with van der Waals surface area (Å²) >= 11 is 0. The second-order valence-electron chi connectivity index (χ2n) is 5.17. The van der Waals surface area contributed by atoms with Crippen LogP contribution in [0, 0.1) is 0 Å². The lowest BCUT2D eigenvalue weighted by Crippen LogP contribution is -2.05. The molecule has 3 rings (SSSR count). The quantitative estimate of drug-likeness (QED) is 0.633. The fourth-order valence-electron chi connectivity index (χ4n) is 2.28. The van der Waals surface area contributed by atoms with Gasteiger partial charge < -0.3 is 25.8 Å². The average molecular weight is 337 g/mol. The average Bonchev–Trinajstić information content (AvgIpc) is 2.66. The van der Waals surface area contributed by atoms with E-state index in [-0.39, 0.29) is 0 Å². The number of anilines is 5. The van der Waals surface area contributed by atoms with Crippen molar-refractivity contribution in [3.8, 4) is 11.5 Å². The molecule has 0 aliphatic rings. The van der Waals surface area contributed by atoms with E-state index in [0.29, 0.717) is 28.8 Å². The Balaban J connectivity index is 1.87. The van der Waals surface area contributed by atoms with Gasteiger partial charge in [0, 0.05) is 11.8 Å². The smallest absolute Gasteiger partial charge is 0.159 e. The molecule has 0 unspecified atom stereocenters. The molecule has 1 aromatic heterocycles. The van der Waals surface area contributed by atoms with Gasteiger partial charge >= 0.3 is 0 Å². The van der Waals surface area contributed by atoms with Gasteiger partial charge in [-0.3, -0.25) is 0 Å². The molecule has 0 saturated carbocycles. The molecule has 0 fully saturated rings. The Morgan fingerprint density at radius 2 is 1.60 bits per heavy atom. The molecule has 7 heteroatoms. The van der Waals surface area contributed by atoms with Crippen LogP contribution in [0.15, 0.2) is 54.9 Å². The molecule has 3 aromatic rings. The number of ether oxygens (including phenoxy) is 2. The summed E-state index contributed by atoms with van der Waals surface area (Å²) in [6, 6.07) is 15.1. The van der Waals surface area contributed by atoms with Gasteiger partial charge in [-0.25, -0.2) is 9.97 Å². The number of nitrogens with two attached hydrogens (primary N) is 1. The molecule has 0 aliphatic heterocycles. The van der Waals surface area contributed by atoms with Crippen LogP contribution in [0.1, 0.15) is 0 Å².